The third-order valence-electron chi connectivity index (χ3n) is 4.34. The predicted octanol–water partition coefficient (Wildman–Crippen LogP) is 2.53. The van der Waals surface area contributed by atoms with Gasteiger partial charge in [-0.3, -0.25) is 0 Å². The third-order valence-corrected chi connectivity index (χ3v) is 4.34. The Morgan fingerprint density at radius 1 is 1.33 bits per heavy atom. The minimum absolute atomic E-state index is 0.00455. The van der Waals surface area contributed by atoms with Crippen molar-refractivity contribution in [3.05, 3.63) is 53.6 Å². The van der Waals surface area contributed by atoms with Gasteiger partial charge < -0.3 is 15.0 Å². The maximum absolute atomic E-state index is 6.40. The molecule has 0 saturated carbocycles. The summed E-state index contributed by atoms with van der Waals surface area (Å²) in [5.41, 5.74) is 10.2. The molecule has 0 aliphatic carbocycles. The van der Waals surface area contributed by atoms with E-state index in [-0.39, 0.29) is 6.04 Å². The molecular formula is C17H23N3O. The van der Waals surface area contributed by atoms with Gasteiger partial charge in [-0.2, -0.15) is 0 Å². The second-order valence-corrected chi connectivity index (χ2v) is 5.77. The van der Waals surface area contributed by atoms with Crippen LogP contribution in [-0.2, 0) is 17.7 Å². The van der Waals surface area contributed by atoms with Crippen LogP contribution in [0.25, 0.3) is 0 Å². The first-order valence-corrected chi connectivity index (χ1v) is 7.69. The summed E-state index contributed by atoms with van der Waals surface area (Å²) in [4.78, 5) is 4.29. The van der Waals surface area contributed by atoms with Gasteiger partial charge in [0.1, 0.15) is 0 Å². The molecule has 0 spiro atoms. The zero-order chi connectivity index (χ0) is 14.7. The summed E-state index contributed by atoms with van der Waals surface area (Å²) in [6.45, 7) is 4.58. The van der Waals surface area contributed by atoms with Crippen LogP contribution in [-0.4, -0.2) is 22.8 Å². The van der Waals surface area contributed by atoms with E-state index in [4.69, 9.17) is 10.5 Å². The van der Waals surface area contributed by atoms with Gasteiger partial charge in [-0.1, -0.05) is 31.2 Å². The molecule has 21 heavy (non-hydrogen) atoms. The molecule has 1 aromatic heterocycles. The number of hydrogen-bond acceptors (Lipinski definition) is 3. The van der Waals surface area contributed by atoms with Crippen molar-refractivity contribution in [2.45, 2.75) is 32.4 Å². The first kappa shape index (κ1) is 14.3. The Hall–Kier alpha value is -1.65. The van der Waals surface area contributed by atoms with Gasteiger partial charge in [0.25, 0.3) is 0 Å². The van der Waals surface area contributed by atoms with Crippen LogP contribution in [0.15, 0.2) is 36.8 Å². The fourth-order valence-corrected chi connectivity index (χ4v) is 2.90. The molecule has 2 heterocycles. The second kappa shape index (κ2) is 6.41. The van der Waals surface area contributed by atoms with E-state index in [1.54, 1.807) is 0 Å². The molecular weight excluding hydrogens is 262 g/mol. The standard InChI is InChI=1S/C17H23N3O/c1-2-13-3-5-14(6-4-13)10-20-12-19-9-16(20)17(18)15-7-8-21-11-15/h3-6,9,12,15,17H,2,7-8,10-11,18H2,1H3. The lowest BCUT2D eigenvalue weighted by Crippen LogP contribution is -2.24. The summed E-state index contributed by atoms with van der Waals surface area (Å²) in [6, 6.07) is 8.76. The summed E-state index contributed by atoms with van der Waals surface area (Å²) in [5, 5.41) is 0. The van der Waals surface area contributed by atoms with Crippen molar-refractivity contribution in [2.75, 3.05) is 13.2 Å². The van der Waals surface area contributed by atoms with Crippen molar-refractivity contribution in [1.29, 1.82) is 0 Å². The molecule has 1 aliphatic rings. The van der Waals surface area contributed by atoms with E-state index in [0.717, 1.165) is 38.3 Å². The molecule has 1 aliphatic heterocycles. The van der Waals surface area contributed by atoms with Crippen molar-refractivity contribution in [3.8, 4) is 0 Å². The van der Waals surface area contributed by atoms with Gasteiger partial charge in [0.05, 0.1) is 24.7 Å². The number of rotatable bonds is 5. The number of nitrogens with two attached hydrogens (primary N) is 1. The minimum atomic E-state index is 0.00455. The number of benzene rings is 1. The Labute approximate surface area is 125 Å². The number of hydrogen-bond donors (Lipinski definition) is 1. The lowest BCUT2D eigenvalue weighted by Gasteiger charge is -2.19. The molecule has 4 nitrogen and oxygen atoms in total. The Balaban J connectivity index is 1.75. The Kier molecular flexibility index (Phi) is 4.36. The van der Waals surface area contributed by atoms with Crippen LogP contribution in [0.3, 0.4) is 0 Å². The van der Waals surface area contributed by atoms with E-state index in [1.165, 1.54) is 11.1 Å². The fourth-order valence-electron chi connectivity index (χ4n) is 2.90. The average molecular weight is 285 g/mol. The maximum Gasteiger partial charge on any atom is 0.0951 e. The van der Waals surface area contributed by atoms with Crippen LogP contribution in [0, 0.1) is 5.92 Å². The molecule has 1 fully saturated rings. The molecule has 0 bridgehead atoms. The van der Waals surface area contributed by atoms with Gasteiger partial charge in [0.2, 0.25) is 0 Å². The molecule has 0 amide bonds. The van der Waals surface area contributed by atoms with Gasteiger partial charge in [0.15, 0.2) is 0 Å². The van der Waals surface area contributed by atoms with Crippen LogP contribution in [0.2, 0.25) is 0 Å². The van der Waals surface area contributed by atoms with Gasteiger partial charge in [-0.25, -0.2) is 4.98 Å². The lowest BCUT2D eigenvalue weighted by molar-refractivity contribution is 0.180. The van der Waals surface area contributed by atoms with Crippen molar-refractivity contribution in [2.24, 2.45) is 11.7 Å². The van der Waals surface area contributed by atoms with Gasteiger partial charge in [-0.15, -0.1) is 0 Å². The zero-order valence-corrected chi connectivity index (χ0v) is 12.5. The molecule has 3 rings (SSSR count). The predicted molar refractivity (Wildman–Crippen MR) is 83.0 cm³/mol. The highest BCUT2D eigenvalue weighted by Gasteiger charge is 2.26. The molecule has 1 aromatic carbocycles. The molecule has 112 valence electrons. The third kappa shape index (κ3) is 3.17. The maximum atomic E-state index is 6.40. The summed E-state index contributed by atoms with van der Waals surface area (Å²) in [6.07, 6.45) is 5.88. The summed E-state index contributed by atoms with van der Waals surface area (Å²) in [7, 11) is 0. The first-order valence-electron chi connectivity index (χ1n) is 7.69. The highest BCUT2D eigenvalue weighted by Crippen LogP contribution is 2.26. The van der Waals surface area contributed by atoms with Crippen molar-refractivity contribution >= 4 is 0 Å². The van der Waals surface area contributed by atoms with Crippen molar-refractivity contribution < 1.29 is 4.74 Å². The van der Waals surface area contributed by atoms with E-state index in [2.05, 4.69) is 40.7 Å². The van der Waals surface area contributed by atoms with Crippen LogP contribution in [0.5, 0.6) is 0 Å². The van der Waals surface area contributed by atoms with Crippen LogP contribution in [0.1, 0.15) is 36.2 Å². The Morgan fingerprint density at radius 3 is 2.76 bits per heavy atom. The van der Waals surface area contributed by atoms with Gasteiger partial charge >= 0.3 is 0 Å². The molecule has 0 radical (unpaired) electrons. The Morgan fingerprint density at radius 2 is 2.10 bits per heavy atom. The average Bonchev–Trinajstić information content (AvgIpc) is 3.19. The van der Waals surface area contributed by atoms with Crippen molar-refractivity contribution in [3.63, 3.8) is 0 Å². The van der Waals surface area contributed by atoms with E-state index in [0.29, 0.717) is 5.92 Å². The Bertz CT molecular complexity index is 570. The van der Waals surface area contributed by atoms with Gasteiger partial charge in [-0.05, 0) is 24.0 Å². The lowest BCUT2D eigenvalue weighted by atomic mass is 9.97. The topological polar surface area (TPSA) is 53.1 Å². The normalized spacial score (nSPS) is 19.8. The largest absolute Gasteiger partial charge is 0.381 e. The first-order chi connectivity index (χ1) is 10.3. The monoisotopic (exact) mass is 285 g/mol. The fraction of sp³-hybridized carbons (Fsp3) is 0.471. The number of aromatic nitrogens is 2. The zero-order valence-electron chi connectivity index (χ0n) is 12.5. The number of nitrogens with zero attached hydrogens (tertiary/aromatic N) is 2. The van der Waals surface area contributed by atoms with E-state index >= 15 is 0 Å². The molecule has 4 heteroatoms. The number of ether oxygens (including phenoxy) is 1. The SMILES string of the molecule is CCc1ccc(Cn2cncc2C(N)C2CCOC2)cc1. The van der Waals surface area contributed by atoms with Crippen LogP contribution in [0.4, 0.5) is 0 Å². The van der Waals surface area contributed by atoms with E-state index in [9.17, 15) is 0 Å². The quantitative estimate of drug-likeness (QED) is 0.918. The summed E-state index contributed by atoms with van der Waals surface area (Å²) < 4.78 is 7.61. The van der Waals surface area contributed by atoms with Crippen LogP contribution < -0.4 is 5.73 Å². The van der Waals surface area contributed by atoms with E-state index in [1.807, 2.05) is 12.5 Å². The minimum Gasteiger partial charge on any atom is -0.381 e. The molecule has 2 aromatic rings. The van der Waals surface area contributed by atoms with Gasteiger partial charge in [0, 0.05) is 25.3 Å². The number of imidazole rings is 1. The molecule has 1 saturated heterocycles. The smallest absolute Gasteiger partial charge is 0.0951 e. The highest BCUT2D eigenvalue weighted by molar-refractivity contribution is 5.23. The molecule has 2 atom stereocenters. The summed E-state index contributed by atoms with van der Waals surface area (Å²) >= 11 is 0. The van der Waals surface area contributed by atoms with E-state index < -0.39 is 0 Å². The van der Waals surface area contributed by atoms with Crippen LogP contribution >= 0.6 is 0 Å². The summed E-state index contributed by atoms with van der Waals surface area (Å²) in [5.74, 6) is 0.405. The second-order valence-electron chi connectivity index (χ2n) is 5.77. The molecule has 2 unspecified atom stereocenters. The van der Waals surface area contributed by atoms with Crippen molar-refractivity contribution in [1.82, 2.24) is 9.55 Å². The number of aryl methyl sites for hydroxylation is 1. The highest BCUT2D eigenvalue weighted by atomic mass is 16.5. The molecule has 2 N–H and O–H groups in total.